The Morgan fingerprint density at radius 2 is 1.75 bits per heavy atom. The van der Waals surface area contributed by atoms with Crippen LogP contribution in [0.2, 0.25) is 0 Å². The summed E-state index contributed by atoms with van der Waals surface area (Å²) in [5, 5.41) is 20.5. The maximum atomic E-state index is 10.2. The highest BCUT2D eigenvalue weighted by molar-refractivity contribution is 5.78. The smallest absolute Gasteiger partial charge is 0.123 e. The second kappa shape index (κ2) is 8.20. The molecule has 0 aliphatic carbocycles. The van der Waals surface area contributed by atoms with E-state index in [1.54, 1.807) is 18.2 Å². The maximum absolute atomic E-state index is 10.2. The van der Waals surface area contributed by atoms with Crippen LogP contribution < -0.4 is 5.73 Å². The number of benzene rings is 1. The molecule has 4 N–H and O–H groups in total. The molecule has 0 saturated carbocycles. The fraction of sp³-hybridized carbons (Fsp3) is 0.250. The Balaban J connectivity index is 3.44. The monoisotopic (exact) mass is 326 g/mol. The molecule has 0 aliphatic heterocycles. The minimum Gasteiger partial charge on any atom is -0.507 e. The van der Waals surface area contributed by atoms with Crippen molar-refractivity contribution in [1.82, 2.24) is 0 Å². The standard InChI is InChI=1S/C20H26N2O2/c1-7-14(8-15(12(2)3)11-19(21)22-6)16-9-17(23)20(13(4)5)18(24)10-16/h7-11,13,23-24H,2,6,21H2,1,3-5H3/b14-7+,15-8-,19-11-. The summed E-state index contributed by atoms with van der Waals surface area (Å²) in [6.07, 6.45) is 5.45. The van der Waals surface area contributed by atoms with Crippen LogP contribution in [0.5, 0.6) is 11.5 Å². The minimum absolute atomic E-state index is 0.0241. The van der Waals surface area contributed by atoms with Crippen molar-refractivity contribution in [2.45, 2.75) is 33.6 Å². The highest BCUT2D eigenvalue weighted by Crippen LogP contribution is 2.37. The Hall–Kier alpha value is -2.75. The number of phenolic OH excluding ortho intramolecular Hbond substituents is 2. The summed E-state index contributed by atoms with van der Waals surface area (Å²) in [6, 6.07) is 3.30. The van der Waals surface area contributed by atoms with Crippen LogP contribution in [0, 0.1) is 0 Å². The molecule has 0 unspecified atom stereocenters. The molecular weight excluding hydrogens is 300 g/mol. The van der Waals surface area contributed by atoms with Gasteiger partial charge in [-0.05, 0) is 67.5 Å². The minimum atomic E-state index is 0.0241. The lowest BCUT2D eigenvalue weighted by atomic mass is 9.94. The second-order valence-corrected chi connectivity index (χ2v) is 5.93. The van der Waals surface area contributed by atoms with Crippen LogP contribution in [-0.4, -0.2) is 16.9 Å². The molecule has 0 spiro atoms. The number of aromatic hydroxyl groups is 2. The summed E-state index contributed by atoms with van der Waals surface area (Å²) in [7, 11) is 0. The SMILES string of the molecule is C=N\C(N)=C/C(=C/C(=C\C)c1cc(O)c(C(C)C)c(O)c1)C(=C)C. The summed E-state index contributed by atoms with van der Waals surface area (Å²) >= 11 is 0. The maximum Gasteiger partial charge on any atom is 0.123 e. The third-order valence-corrected chi connectivity index (χ3v) is 3.65. The van der Waals surface area contributed by atoms with E-state index in [2.05, 4.69) is 18.3 Å². The predicted molar refractivity (Wildman–Crippen MR) is 102 cm³/mol. The van der Waals surface area contributed by atoms with Crippen molar-refractivity contribution in [3.63, 3.8) is 0 Å². The van der Waals surface area contributed by atoms with E-state index in [9.17, 15) is 10.2 Å². The molecule has 0 aromatic heterocycles. The number of nitrogens with two attached hydrogens (primary N) is 1. The predicted octanol–water partition coefficient (Wildman–Crippen LogP) is 4.63. The van der Waals surface area contributed by atoms with Crippen LogP contribution in [0.4, 0.5) is 0 Å². The first-order valence-electron chi connectivity index (χ1n) is 7.75. The van der Waals surface area contributed by atoms with Gasteiger partial charge in [-0.3, -0.25) is 0 Å². The Morgan fingerprint density at radius 1 is 1.21 bits per heavy atom. The van der Waals surface area contributed by atoms with Gasteiger partial charge in [-0.1, -0.05) is 32.1 Å². The van der Waals surface area contributed by atoms with Gasteiger partial charge < -0.3 is 15.9 Å². The lowest BCUT2D eigenvalue weighted by Crippen LogP contribution is -1.95. The van der Waals surface area contributed by atoms with Gasteiger partial charge in [0.15, 0.2) is 0 Å². The Morgan fingerprint density at radius 3 is 2.12 bits per heavy atom. The van der Waals surface area contributed by atoms with Crippen molar-refractivity contribution < 1.29 is 10.2 Å². The van der Waals surface area contributed by atoms with Crippen molar-refractivity contribution in [3.8, 4) is 11.5 Å². The normalized spacial score (nSPS) is 13.3. The Bertz CT molecular complexity index is 715. The average molecular weight is 326 g/mol. The van der Waals surface area contributed by atoms with Crippen molar-refractivity contribution in [2.75, 3.05) is 0 Å². The summed E-state index contributed by atoms with van der Waals surface area (Å²) in [5.74, 6) is 0.469. The third-order valence-electron chi connectivity index (χ3n) is 3.65. The molecule has 0 bridgehead atoms. The van der Waals surface area contributed by atoms with E-state index < -0.39 is 0 Å². The second-order valence-electron chi connectivity index (χ2n) is 5.93. The van der Waals surface area contributed by atoms with Crippen LogP contribution >= 0.6 is 0 Å². The first-order chi connectivity index (χ1) is 11.2. The molecule has 24 heavy (non-hydrogen) atoms. The van der Waals surface area contributed by atoms with Crippen LogP contribution in [0.1, 0.15) is 44.7 Å². The van der Waals surface area contributed by atoms with E-state index in [4.69, 9.17) is 5.73 Å². The van der Waals surface area contributed by atoms with Gasteiger partial charge in [-0.15, -0.1) is 0 Å². The molecule has 0 saturated heterocycles. The summed E-state index contributed by atoms with van der Waals surface area (Å²) < 4.78 is 0. The van der Waals surface area contributed by atoms with Gasteiger partial charge in [0.1, 0.15) is 17.3 Å². The van der Waals surface area contributed by atoms with E-state index in [1.165, 1.54) is 0 Å². The molecule has 0 fully saturated rings. The molecular formula is C20H26N2O2. The highest BCUT2D eigenvalue weighted by Gasteiger charge is 2.14. The number of rotatable bonds is 6. The highest BCUT2D eigenvalue weighted by atomic mass is 16.3. The van der Waals surface area contributed by atoms with Gasteiger partial charge in [0.25, 0.3) is 0 Å². The molecule has 0 aliphatic rings. The van der Waals surface area contributed by atoms with Crippen molar-refractivity contribution in [1.29, 1.82) is 0 Å². The largest absolute Gasteiger partial charge is 0.507 e. The summed E-state index contributed by atoms with van der Waals surface area (Å²) in [5.41, 5.74) is 9.39. The molecule has 1 aromatic rings. The van der Waals surface area contributed by atoms with Crippen LogP contribution in [-0.2, 0) is 0 Å². The van der Waals surface area contributed by atoms with Gasteiger partial charge in [-0.2, -0.15) is 0 Å². The molecule has 0 atom stereocenters. The molecule has 4 heteroatoms. The summed E-state index contributed by atoms with van der Waals surface area (Å²) in [6.45, 7) is 14.9. The van der Waals surface area contributed by atoms with Gasteiger partial charge in [-0.25, -0.2) is 4.99 Å². The fourth-order valence-electron chi connectivity index (χ4n) is 2.38. The van der Waals surface area contributed by atoms with Gasteiger partial charge in [0.2, 0.25) is 0 Å². The summed E-state index contributed by atoms with van der Waals surface area (Å²) in [4.78, 5) is 3.68. The number of allylic oxidation sites excluding steroid dienone is 6. The molecule has 0 heterocycles. The van der Waals surface area contributed by atoms with E-state index in [0.29, 0.717) is 16.9 Å². The van der Waals surface area contributed by atoms with Crippen LogP contribution in [0.25, 0.3) is 5.57 Å². The number of aliphatic imine (C=N–C) groups is 1. The molecule has 1 aromatic carbocycles. The van der Waals surface area contributed by atoms with Gasteiger partial charge in [0, 0.05) is 5.56 Å². The molecule has 0 amide bonds. The Labute approximate surface area is 144 Å². The van der Waals surface area contributed by atoms with Crippen molar-refractivity contribution in [2.24, 2.45) is 10.7 Å². The van der Waals surface area contributed by atoms with E-state index in [1.807, 2.05) is 39.8 Å². The molecule has 1 rings (SSSR count). The Kier molecular flexibility index (Phi) is 6.59. The lowest BCUT2D eigenvalue weighted by Gasteiger charge is -2.14. The van der Waals surface area contributed by atoms with E-state index in [-0.39, 0.29) is 17.4 Å². The molecule has 4 nitrogen and oxygen atoms in total. The van der Waals surface area contributed by atoms with Crippen LogP contribution in [0.3, 0.4) is 0 Å². The van der Waals surface area contributed by atoms with Gasteiger partial charge >= 0.3 is 0 Å². The first kappa shape index (κ1) is 19.3. The average Bonchev–Trinajstić information content (AvgIpc) is 2.49. The molecule has 0 radical (unpaired) electrons. The van der Waals surface area contributed by atoms with Crippen molar-refractivity contribution >= 4 is 12.3 Å². The first-order valence-corrected chi connectivity index (χ1v) is 7.75. The van der Waals surface area contributed by atoms with Crippen molar-refractivity contribution in [3.05, 3.63) is 65.0 Å². The zero-order valence-corrected chi connectivity index (χ0v) is 14.8. The topological polar surface area (TPSA) is 78.8 Å². The van der Waals surface area contributed by atoms with E-state index >= 15 is 0 Å². The lowest BCUT2D eigenvalue weighted by molar-refractivity contribution is 0.433. The molecule has 128 valence electrons. The number of nitrogens with zero attached hydrogens (tertiary/aromatic N) is 1. The van der Waals surface area contributed by atoms with Crippen LogP contribution in [0.15, 0.2) is 58.9 Å². The quantitative estimate of drug-likeness (QED) is 0.527. The third kappa shape index (κ3) is 4.62. The van der Waals surface area contributed by atoms with Gasteiger partial charge in [0.05, 0.1) is 0 Å². The van der Waals surface area contributed by atoms with E-state index in [0.717, 1.165) is 16.7 Å². The zero-order valence-electron chi connectivity index (χ0n) is 14.8. The zero-order chi connectivity index (χ0) is 18.4. The number of phenols is 2. The number of hydrogen-bond donors (Lipinski definition) is 3. The fourth-order valence-corrected chi connectivity index (χ4v) is 2.38. The number of hydrogen-bond acceptors (Lipinski definition) is 4.